The van der Waals surface area contributed by atoms with Gasteiger partial charge in [-0.25, -0.2) is 8.42 Å². The highest BCUT2D eigenvalue weighted by Crippen LogP contribution is 2.27. The second kappa shape index (κ2) is 7.25. The molecule has 6 nitrogen and oxygen atoms in total. The first-order valence-corrected chi connectivity index (χ1v) is 9.95. The Kier molecular flexibility index (Phi) is 5.06. The lowest BCUT2D eigenvalue weighted by molar-refractivity contribution is 0.102. The fourth-order valence-electron chi connectivity index (χ4n) is 2.90. The van der Waals surface area contributed by atoms with Crippen LogP contribution in [0.2, 0.25) is 0 Å². The molecule has 0 bridgehead atoms. The molecule has 1 fully saturated rings. The van der Waals surface area contributed by atoms with Crippen LogP contribution in [-0.4, -0.2) is 51.1 Å². The minimum absolute atomic E-state index is 0.164. The normalized spacial score (nSPS) is 15.8. The van der Waals surface area contributed by atoms with Gasteiger partial charge in [-0.2, -0.15) is 4.31 Å². The molecular weight excluding hydrogens is 338 g/mol. The molecule has 0 radical (unpaired) electrons. The number of piperazine rings is 1. The third kappa shape index (κ3) is 4.18. The molecule has 2 aromatic carbocycles. The van der Waals surface area contributed by atoms with E-state index < -0.39 is 10.0 Å². The molecule has 0 saturated carbocycles. The summed E-state index contributed by atoms with van der Waals surface area (Å²) in [5.74, 6) is -0.164. The van der Waals surface area contributed by atoms with Crippen molar-refractivity contribution < 1.29 is 13.2 Å². The summed E-state index contributed by atoms with van der Waals surface area (Å²) in [4.78, 5) is 14.5. The van der Waals surface area contributed by atoms with Crippen LogP contribution in [0, 0.1) is 0 Å². The number of benzene rings is 2. The molecule has 0 aliphatic carbocycles. The van der Waals surface area contributed by atoms with Gasteiger partial charge < -0.3 is 10.2 Å². The van der Waals surface area contributed by atoms with E-state index in [4.69, 9.17) is 0 Å². The van der Waals surface area contributed by atoms with E-state index in [9.17, 15) is 13.2 Å². The third-order valence-corrected chi connectivity index (χ3v) is 5.54. The van der Waals surface area contributed by atoms with Gasteiger partial charge in [0.2, 0.25) is 10.0 Å². The van der Waals surface area contributed by atoms with Gasteiger partial charge in [0.05, 0.1) is 17.6 Å². The number of amides is 1. The van der Waals surface area contributed by atoms with E-state index >= 15 is 0 Å². The number of nitrogens with zero attached hydrogens (tertiary/aromatic N) is 2. The Labute approximate surface area is 148 Å². The van der Waals surface area contributed by atoms with Crippen molar-refractivity contribution in [2.24, 2.45) is 0 Å². The maximum Gasteiger partial charge on any atom is 0.255 e. The molecular formula is C18H21N3O3S. The van der Waals surface area contributed by atoms with Crippen LogP contribution in [-0.2, 0) is 10.0 Å². The van der Waals surface area contributed by atoms with Crippen molar-refractivity contribution in [2.75, 3.05) is 42.7 Å². The highest BCUT2D eigenvalue weighted by molar-refractivity contribution is 7.88. The first-order valence-electron chi connectivity index (χ1n) is 8.10. The number of hydrogen-bond acceptors (Lipinski definition) is 4. The van der Waals surface area contributed by atoms with E-state index in [1.165, 1.54) is 10.6 Å². The van der Waals surface area contributed by atoms with Crippen LogP contribution in [0.1, 0.15) is 10.4 Å². The first-order chi connectivity index (χ1) is 11.9. The topological polar surface area (TPSA) is 69.7 Å². The fraction of sp³-hybridized carbons (Fsp3) is 0.278. The number of anilines is 2. The van der Waals surface area contributed by atoms with E-state index in [2.05, 4.69) is 10.2 Å². The molecule has 3 rings (SSSR count). The summed E-state index contributed by atoms with van der Waals surface area (Å²) in [7, 11) is -3.16. The summed E-state index contributed by atoms with van der Waals surface area (Å²) in [6, 6.07) is 16.6. The molecule has 0 atom stereocenters. The average Bonchev–Trinajstić information content (AvgIpc) is 2.62. The molecule has 0 aromatic heterocycles. The number of carbonyl (C=O) groups excluding carboxylic acids is 1. The molecule has 7 heteroatoms. The van der Waals surface area contributed by atoms with E-state index in [1.54, 1.807) is 12.1 Å². The van der Waals surface area contributed by atoms with Crippen molar-refractivity contribution in [3.63, 3.8) is 0 Å². The van der Waals surface area contributed by atoms with Crippen LogP contribution in [0.5, 0.6) is 0 Å². The van der Waals surface area contributed by atoms with Crippen LogP contribution in [0.15, 0.2) is 54.6 Å². The lowest BCUT2D eigenvalue weighted by atomic mass is 10.2. The minimum Gasteiger partial charge on any atom is -0.367 e. The maximum absolute atomic E-state index is 12.4. The van der Waals surface area contributed by atoms with Gasteiger partial charge in [-0.1, -0.05) is 30.3 Å². The van der Waals surface area contributed by atoms with Crippen molar-refractivity contribution in [1.82, 2.24) is 4.31 Å². The maximum atomic E-state index is 12.4. The molecule has 1 N–H and O–H groups in total. The van der Waals surface area contributed by atoms with Crippen LogP contribution in [0.3, 0.4) is 0 Å². The lowest BCUT2D eigenvalue weighted by Gasteiger charge is -2.35. The second-order valence-corrected chi connectivity index (χ2v) is 7.97. The zero-order chi connectivity index (χ0) is 17.9. The summed E-state index contributed by atoms with van der Waals surface area (Å²) >= 11 is 0. The van der Waals surface area contributed by atoms with Gasteiger partial charge in [-0.05, 0) is 24.3 Å². The van der Waals surface area contributed by atoms with E-state index in [0.717, 1.165) is 11.4 Å². The average molecular weight is 359 g/mol. The van der Waals surface area contributed by atoms with Crippen LogP contribution in [0.4, 0.5) is 11.4 Å². The lowest BCUT2D eigenvalue weighted by Crippen LogP contribution is -2.48. The van der Waals surface area contributed by atoms with Crippen LogP contribution in [0.25, 0.3) is 0 Å². The van der Waals surface area contributed by atoms with Gasteiger partial charge >= 0.3 is 0 Å². The molecule has 25 heavy (non-hydrogen) atoms. The molecule has 1 aliphatic rings. The quantitative estimate of drug-likeness (QED) is 0.907. The predicted molar refractivity (Wildman–Crippen MR) is 99.5 cm³/mol. The number of nitrogens with one attached hydrogen (secondary N) is 1. The van der Waals surface area contributed by atoms with Crippen molar-refractivity contribution >= 4 is 27.3 Å². The molecule has 1 saturated heterocycles. The Morgan fingerprint density at radius 2 is 1.52 bits per heavy atom. The Hall–Kier alpha value is -2.38. The van der Waals surface area contributed by atoms with Crippen molar-refractivity contribution in [1.29, 1.82) is 0 Å². The molecule has 1 heterocycles. The summed E-state index contributed by atoms with van der Waals surface area (Å²) in [5.41, 5.74) is 2.23. The number of carbonyl (C=O) groups is 1. The number of hydrogen-bond donors (Lipinski definition) is 1. The predicted octanol–water partition coefficient (Wildman–Crippen LogP) is 2.02. The van der Waals surface area contributed by atoms with E-state index in [0.29, 0.717) is 31.7 Å². The second-order valence-electron chi connectivity index (χ2n) is 5.99. The SMILES string of the molecule is CS(=O)(=O)N1CCN(c2ccccc2NC(=O)c2ccccc2)CC1. The van der Waals surface area contributed by atoms with Gasteiger partial charge in [-0.15, -0.1) is 0 Å². The fourth-order valence-corrected chi connectivity index (χ4v) is 3.73. The Bertz CT molecular complexity index is 845. The first kappa shape index (κ1) is 17.4. The number of para-hydroxylation sites is 2. The molecule has 1 aliphatic heterocycles. The van der Waals surface area contributed by atoms with Gasteiger partial charge in [0.15, 0.2) is 0 Å². The number of sulfonamides is 1. The van der Waals surface area contributed by atoms with Gasteiger partial charge in [0.1, 0.15) is 0 Å². The van der Waals surface area contributed by atoms with Crippen LogP contribution >= 0.6 is 0 Å². The molecule has 2 aromatic rings. The smallest absolute Gasteiger partial charge is 0.255 e. The summed E-state index contributed by atoms with van der Waals surface area (Å²) < 4.78 is 24.8. The zero-order valence-corrected chi connectivity index (χ0v) is 14.9. The monoisotopic (exact) mass is 359 g/mol. The Morgan fingerprint density at radius 3 is 2.16 bits per heavy atom. The van der Waals surface area contributed by atoms with Gasteiger partial charge in [0.25, 0.3) is 5.91 Å². The van der Waals surface area contributed by atoms with Crippen molar-refractivity contribution in [3.05, 3.63) is 60.2 Å². The standard InChI is InChI=1S/C18H21N3O3S/c1-25(23,24)21-13-11-20(12-14-21)17-10-6-5-9-16(17)19-18(22)15-7-3-2-4-8-15/h2-10H,11-14H2,1H3,(H,19,22). The van der Waals surface area contributed by atoms with Gasteiger partial charge in [-0.3, -0.25) is 4.79 Å². The largest absolute Gasteiger partial charge is 0.367 e. The zero-order valence-electron chi connectivity index (χ0n) is 14.1. The Balaban J connectivity index is 1.75. The van der Waals surface area contributed by atoms with Crippen molar-refractivity contribution in [2.45, 2.75) is 0 Å². The molecule has 0 unspecified atom stereocenters. The third-order valence-electron chi connectivity index (χ3n) is 4.24. The van der Waals surface area contributed by atoms with Crippen molar-refractivity contribution in [3.8, 4) is 0 Å². The summed E-state index contributed by atoms with van der Waals surface area (Å²) in [6.45, 7) is 2.07. The molecule has 1 amide bonds. The molecule has 132 valence electrons. The van der Waals surface area contributed by atoms with E-state index in [-0.39, 0.29) is 5.91 Å². The van der Waals surface area contributed by atoms with E-state index in [1.807, 2.05) is 42.5 Å². The minimum atomic E-state index is -3.16. The molecule has 0 spiro atoms. The number of rotatable bonds is 4. The highest BCUT2D eigenvalue weighted by atomic mass is 32.2. The summed E-state index contributed by atoms with van der Waals surface area (Å²) in [6.07, 6.45) is 1.23. The van der Waals surface area contributed by atoms with Crippen LogP contribution < -0.4 is 10.2 Å². The Morgan fingerprint density at radius 1 is 0.920 bits per heavy atom. The highest BCUT2D eigenvalue weighted by Gasteiger charge is 2.24. The van der Waals surface area contributed by atoms with Gasteiger partial charge in [0, 0.05) is 31.7 Å². The summed E-state index contributed by atoms with van der Waals surface area (Å²) in [5, 5.41) is 2.95.